The molecular weight excluding hydrogens is 306 g/mol. The van der Waals surface area contributed by atoms with Crippen molar-refractivity contribution in [3.8, 4) is 0 Å². The van der Waals surface area contributed by atoms with Crippen LogP contribution in [0, 0.1) is 0 Å². The van der Waals surface area contributed by atoms with E-state index in [1.165, 1.54) is 44.9 Å². The van der Waals surface area contributed by atoms with Crippen molar-refractivity contribution >= 4 is 79.1 Å². The molecule has 0 unspecified atom stereocenters. The van der Waals surface area contributed by atoms with Crippen LogP contribution in [0.25, 0.3) is 0 Å². The average Bonchev–Trinajstić information content (AvgIpc) is 2.24. The van der Waals surface area contributed by atoms with Crippen LogP contribution in [-0.4, -0.2) is 88.3 Å². The quantitative estimate of drug-likeness (QED) is 0.336. The maximum atomic E-state index is 10.2. The van der Waals surface area contributed by atoms with Crippen LogP contribution in [0.3, 0.4) is 0 Å². The molecule has 0 atom stereocenters. The summed E-state index contributed by atoms with van der Waals surface area (Å²) < 4.78 is 33.0. The van der Waals surface area contributed by atoms with Gasteiger partial charge in [-0.2, -0.15) is 8.42 Å². The summed E-state index contributed by atoms with van der Waals surface area (Å²) in [6.45, 7) is 2.31. The normalized spacial score (nSPS) is 10.6. The van der Waals surface area contributed by atoms with Gasteiger partial charge < -0.3 is 0 Å². The van der Waals surface area contributed by atoms with Gasteiger partial charge in [-0.15, -0.1) is 0 Å². The summed E-state index contributed by atoms with van der Waals surface area (Å²) in [5.74, 6) is 0. The van der Waals surface area contributed by atoms with Crippen molar-refractivity contribution in [1.29, 1.82) is 0 Å². The molecule has 112 valence electrons. The second kappa shape index (κ2) is 18.1. The van der Waals surface area contributed by atoms with Crippen molar-refractivity contribution in [3.63, 3.8) is 0 Å². The Balaban J connectivity index is -0.00000128. The molecule has 1 N–H and O–H groups in total. The van der Waals surface area contributed by atoms with E-state index >= 15 is 0 Å². The first-order chi connectivity index (χ1) is 8.06. The van der Waals surface area contributed by atoms with E-state index in [9.17, 15) is 8.42 Å². The van der Waals surface area contributed by atoms with Gasteiger partial charge in [-0.05, 0) is 6.42 Å². The number of rotatable bonds is 12. The van der Waals surface area contributed by atoms with Crippen molar-refractivity contribution in [2.75, 3.05) is 6.61 Å². The predicted molar refractivity (Wildman–Crippen MR) is 86.4 cm³/mol. The molecule has 19 heavy (non-hydrogen) atoms. The summed E-state index contributed by atoms with van der Waals surface area (Å²) in [5.41, 5.74) is 0. The molecule has 0 radical (unpaired) electrons. The molecule has 0 heterocycles. The summed E-state index contributed by atoms with van der Waals surface area (Å²) in [6.07, 6.45) is 11.9. The van der Waals surface area contributed by atoms with Crippen LogP contribution < -0.4 is 0 Å². The summed E-state index contributed by atoms with van der Waals surface area (Å²) in [7, 11) is -4.23. The van der Waals surface area contributed by atoms with Crippen LogP contribution in [0.1, 0.15) is 71.1 Å². The number of hydrogen-bond donors (Lipinski definition) is 1. The number of hydrogen-bond acceptors (Lipinski definition) is 3. The fourth-order valence-electron chi connectivity index (χ4n) is 1.75. The average molecular weight is 337 g/mol. The maximum absolute atomic E-state index is 10.2. The second-order valence-corrected chi connectivity index (χ2v) is 5.52. The Morgan fingerprint density at radius 1 is 0.842 bits per heavy atom. The summed E-state index contributed by atoms with van der Waals surface area (Å²) in [6, 6.07) is 0. The summed E-state index contributed by atoms with van der Waals surface area (Å²) >= 11 is 0. The molecule has 0 aromatic rings. The first-order valence-corrected chi connectivity index (χ1v) is 8.04. The van der Waals surface area contributed by atoms with Crippen molar-refractivity contribution in [3.05, 3.63) is 0 Å². The monoisotopic (exact) mass is 336 g/mol. The van der Waals surface area contributed by atoms with Crippen LogP contribution in [0.2, 0.25) is 0 Å². The predicted octanol–water partition coefficient (Wildman–Crippen LogP) is 1.89. The van der Waals surface area contributed by atoms with E-state index in [-0.39, 0.29) is 75.4 Å². The zero-order valence-electron chi connectivity index (χ0n) is 10.9. The Morgan fingerprint density at radius 3 is 1.58 bits per heavy atom. The molecular formula is C12H30AlKO4S. The standard InChI is InChI=1S/C12H26O4S.Al.K.4H/c1-2-3-4-5-6-7-8-9-10-11-12-16-17(13,14)15;;;;;;/h2-12H2,1H3,(H,13,14,15);;;;;;. The summed E-state index contributed by atoms with van der Waals surface area (Å²) in [5, 5.41) is 0. The van der Waals surface area contributed by atoms with E-state index < -0.39 is 10.4 Å². The minimum atomic E-state index is -4.23. The van der Waals surface area contributed by atoms with E-state index in [1.54, 1.807) is 0 Å². The van der Waals surface area contributed by atoms with Crippen molar-refractivity contribution < 1.29 is 17.2 Å². The summed E-state index contributed by atoms with van der Waals surface area (Å²) in [4.78, 5) is 0. The molecule has 0 fully saturated rings. The molecule has 0 spiro atoms. The molecule has 4 nitrogen and oxygen atoms in total. The molecule has 0 aliphatic rings. The van der Waals surface area contributed by atoms with Gasteiger partial charge in [-0.1, -0.05) is 64.7 Å². The SMILES string of the molecule is CCCCCCCCCCCCOS(=O)(=O)O.[AlH3].[KH]. The molecule has 0 saturated heterocycles. The molecule has 7 heteroatoms. The third-order valence-electron chi connectivity index (χ3n) is 2.73. The van der Waals surface area contributed by atoms with E-state index in [0.717, 1.165) is 12.8 Å². The van der Waals surface area contributed by atoms with Gasteiger partial charge in [0, 0.05) is 0 Å². The Kier molecular flexibility index (Phi) is 24.7. The van der Waals surface area contributed by atoms with E-state index in [0.29, 0.717) is 6.42 Å². The second-order valence-electron chi connectivity index (χ2n) is 4.43. The molecule has 0 saturated carbocycles. The first-order valence-electron chi connectivity index (χ1n) is 6.68. The Bertz CT molecular complexity index is 260. The van der Waals surface area contributed by atoms with Crippen LogP contribution in [0.5, 0.6) is 0 Å². The van der Waals surface area contributed by atoms with Gasteiger partial charge in [0.25, 0.3) is 0 Å². The first kappa shape index (κ1) is 26.0. The number of unbranched alkanes of at least 4 members (excludes halogenated alkanes) is 9. The third kappa shape index (κ3) is 25.3. The van der Waals surface area contributed by atoms with Crippen LogP contribution in [-0.2, 0) is 14.6 Å². The molecule has 0 rings (SSSR count). The molecule has 0 aromatic heterocycles. The Hall–Kier alpha value is 2.04. The Morgan fingerprint density at radius 2 is 1.21 bits per heavy atom. The molecule has 0 aliphatic heterocycles. The van der Waals surface area contributed by atoms with Crippen molar-refractivity contribution in [1.82, 2.24) is 0 Å². The van der Waals surface area contributed by atoms with Crippen molar-refractivity contribution in [2.24, 2.45) is 0 Å². The van der Waals surface area contributed by atoms with E-state index in [4.69, 9.17) is 4.55 Å². The van der Waals surface area contributed by atoms with E-state index in [1.807, 2.05) is 0 Å². The minimum absolute atomic E-state index is 0. The van der Waals surface area contributed by atoms with Gasteiger partial charge in [-0.3, -0.25) is 4.55 Å². The fourth-order valence-corrected chi connectivity index (χ4v) is 2.08. The topological polar surface area (TPSA) is 63.6 Å². The Labute approximate surface area is 172 Å². The van der Waals surface area contributed by atoms with E-state index in [2.05, 4.69) is 11.1 Å². The van der Waals surface area contributed by atoms with Gasteiger partial charge in [0.05, 0.1) is 6.61 Å². The van der Waals surface area contributed by atoms with Crippen LogP contribution >= 0.6 is 0 Å². The van der Waals surface area contributed by atoms with Gasteiger partial charge in [0.15, 0.2) is 17.4 Å². The van der Waals surface area contributed by atoms with Crippen LogP contribution in [0.4, 0.5) is 0 Å². The molecule has 0 aromatic carbocycles. The fraction of sp³-hybridized carbons (Fsp3) is 1.00. The zero-order chi connectivity index (χ0) is 13.0. The molecule has 0 amide bonds. The van der Waals surface area contributed by atoms with Gasteiger partial charge >= 0.3 is 61.8 Å². The van der Waals surface area contributed by atoms with Gasteiger partial charge in [0.1, 0.15) is 0 Å². The third-order valence-corrected chi connectivity index (χ3v) is 3.19. The van der Waals surface area contributed by atoms with Gasteiger partial charge in [0.2, 0.25) is 0 Å². The molecule has 0 aliphatic carbocycles. The van der Waals surface area contributed by atoms with Gasteiger partial charge in [-0.25, -0.2) is 4.18 Å². The van der Waals surface area contributed by atoms with Crippen LogP contribution in [0.15, 0.2) is 0 Å². The van der Waals surface area contributed by atoms with Crippen molar-refractivity contribution in [2.45, 2.75) is 71.1 Å². The zero-order valence-corrected chi connectivity index (χ0v) is 11.7. The molecule has 0 bridgehead atoms.